The molecule has 8 rings (SSSR count). The number of rotatable bonds is 13. The Morgan fingerprint density at radius 2 is 1.15 bits per heavy atom. The van der Waals surface area contributed by atoms with E-state index >= 15 is 0 Å². The average molecular weight is 962 g/mol. The van der Waals surface area contributed by atoms with Crippen molar-refractivity contribution in [3.63, 3.8) is 0 Å². The number of carbonyl (C=O) groups excluding carboxylic acids is 1. The van der Waals surface area contributed by atoms with E-state index in [1.807, 2.05) is 33.8 Å². The van der Waals surface area contributed by atoms with E-state index in [2.05, 4.69) is 19.9 Å². The predicted molar refractivity (Wildman–Crippen MR) is 263 cm³/mol. The van der Waals surface area contributed by atoms with E-state index in [-0.39, 0.29) is 40.1 Å². The Morgan fingerprint density at radius 3 is 1.69 bits per heavy atom. The number of benzene rings is 2. The Balaban J connectivity index is 0.000000195. The number of unbranched alkanes of at least 4 members (excludes halogenated alkanes) is 2. The summed E-state index contributed by atoms with van der Waals surface area (Å²) in [7, 11) is 3.17. The third-order valence-electron chi connectivity index (χ3n) is 10.6. The van der Waals surface area contributed by atoms with Gasteiger partial charge in [-0.2, -0.15) is 0 Å². The summed E-state index contributed by atoms with van der Waals surface area (Å²) in [5.74, 6) is 1.62. The van der Waals surface area contributed by atoms with Crippen LogP contribution >= 0.6 is 23.2 Å². The van der Waals surface area contributed by atoms with E-state index < -0.39 is 17.4 Å². The standard InChI is InChI=1S/C25H25ClN4O4.C18H20N4O3.C7H5ClO/c1-4-5-10-30-24(32)21-20(22(31)16-6-8-17(26)9-7-16)19(14-28-23(21)29(3)25(30)33)34-18-11-15(2)12-27-13-18;1-4-5-6-22-17(23)15-8-14(11-20-16(15)21(3)18(22)24)25-13-7-12(2)9-19-10-13;8-7-3-1-6(5-9)2-4-7/h6-9,11-14,22,31H,4-5,10H2,1-3H3;7-11H,4-6H2,1-3H3;1-5H. The van der Waals surface area contributed by atoms with Crippen LogP contribution in [0.4, 0.5) is 0 Å². The lowest BCUT2D eigenvalue weighted by molar-refractivity contribution is 0.112. The number of aromatic nitrogens is 8. The molecule has 1 atom stereocenters. The third-order valence-corrected chi connectivity index (χ3v) is 11.1. The molecule has 0 bridgehead atoms. The summed E-state index contributed by atoms with van der Waals surface area (Å²) < 4.78 is 17.0. The summed E-state index contributed by atoms with van der Waals surface area (Å²) in [5.41, 5.74) is 2.08. The van der Waals surface area contributed by atoms with Crippen molar-refractivity contribution in [3.8, 4) is 23.0 Å². The maximum atomic E-state index is 13.6. The molecule has 0 aliphatic carbocycles. The van der Waals surface area contributed by atoms with Gasteiger partial charge in [-0.25, -0.2) is 19.6 Å². The van der Waals surface area contributed by atoms with Gasteiger partial charge in [-0.05, 0) is 85.8 Å². The molecule has 1 N–H and O–H groups in total. The van der Waals surface area contributed by atoms with Crippen molar-refractivity contribution in [3.05, 3.63) is 183 Å². The van der Waals surface area contributed by atoms with Gasteiger partial charge in [0.1, 0.15) is 40.9 Å². The van der Waals surface area contributed by atoms with Crippen LogP contribution in [0.1, 0.15) is 78.2 Å². The van der Waals surface area contributed by atoms with Crippen LogP contribution in [0.2, 0.25) is 10.0 Å². The quantitative estimate of drug-likeness (QED) is 0.108. The van der Waals surface area contributed by atoms with Crippen LogP contribution in [0.5, 0.6) is 23.0 Å². The molecule has 6 heterocycles. The lowest BCUT2D eigenvalue weighted by Gasteiger charge is -2.20. The molecule has 352 valence electrons. The predicted octanol–water partition coefficient (Wildman–Crippen LogP) is 8.67. The monoisotopic (exact) mass is 960 g/mol. The number of fused-ring (bicyclic) bond motifs is 2. The average Bonchev–Trinajstić information content (AvgIpc) is 3.33. The number of halogens is 2. The summed E-state index contributed by atoms with van der Waals surface area (Å²) in [5, 5.41) is 13.1. The molecule has 8 aromatic rings. The molecule has 0 spiro atoms. The molecule has 1 unspecified atom stereocenters. The Hall–Kier alpha value is -7.27. The first-order valence-corrected chi connectivity index (χ1v) is 22.5. The lowest BCUT2D eigenvalue weighted by Crippen LogP contribution is -2.40. The normalized spacial score (nSPS) is 11.3. The van der Waals surface area contributed by atoms with Gasteiger partial charge in [0.05, 0.1) is 35.6 Å². The molecule has 68 heavy (non-hydrogen) atoms. The zero-order valence-corrected chi connectivity index (χ0v) is 39.9. The smallest absolute Gasteiger partial charge is 0.332 e. The highest BCUT2D eigenvalue weighted by atomic mass is 35.5. The summed E-state index contributed by atoms with van der Waals surface area (Å²) in [6.07, 6.45) is 12.2. The van der Waals surface area contributed by atoms with Crippen molar-refractivity contribution in [2.24, 2.45) is 14.1 Å². The third kappa shape index (κ3) is 11.8. The van der Waals surface area contributed by atoms with Gasteiger partial charge < -0.3 is 14.6 Å². The van der Waals surface area contributed by atoms with E-state index in [4.69, 9.17) is 32.7 Å². The second-order valence-electron chi connectivity index (χ2n) is 15.8. The first-order valence-electron chi connectivity index (χ1n) is 21.7. The number of hydrogen-bond donors (Lipinski definition) is 1. The van der Waals surface area contributed by atoms with Gasteiger partial charge in [-0.15, -0.1) is 0 Å². The van der Waals surface area contributed by atoms with Crippen LogP contribution in [0.15, 0.2) is 123 Å². The maximum Gasteiger partial charge on any atom is 0.332 e. The molecule has 0 aliphatic heterocycles. The minimum Gasteiger partial charge on any atom is -0.454 e. The van der Waals surface area contributed by atoms with Crippen LogP contribution in [0, 0.1) is 13.8 Å². The number of hydrogen-bond acceptors (Lipinski definition) is 12. The number of ether oxygens (including phenoxy) is 2. The molecule has 0 amide bonds. The molecule has 0 saturated heterocycles. The Labute approximate surface area is 400 Å². The molecule has 6 aromatic heterocycles. The fourth-order valence-electron chi connectivity index (χ4n) is 7.04. The summed E-state index contributed by atoms with van der Waals surface area (Å²) in [4.78, 5) is 78.5. The maximum absolute atomic E-state index is 13.6. The van der Waals surface area contributed by atoms with Crippen molar-refractivity contribution in [2.45, 2.75) is 72.6 Å². The lowest BCUT2D eigenvalue weighted by atomic mass is 9.98. The van der Waals surface area contributed by atoms with Crippen LogP contribution in [-0.4, -0.2) is 49.6 Å². The zero-order valence-electron chi connectivity index (χ0n) is 38.4. The van der Waals surface area contributed by atoms with Crippen molar-refractivity contribution >= 4 is 51.6 Å². The number of aldehydes is 1. The highest BCUT2D eigenvalue weighted by Crippen LogP contribution is 2.36. The first-order chi connectivity index (χ1) is 32.6. The molecule has 2 aromatic carbocycles. The summed E-state index contributed by atoms with van der Waals surface area (Å²) in [6.45, 7) is 8.45. The largest absolute Gasteiger partial charge is 0.454 e. The number of aryl methyl sites for hydroxylation is 4. The molecular formula is C50H50Cl2N8O8. The molecular weight excluding hydrogens is 912 g/mol. The SMILES string of the molecule is CCCCn1c(=O)c2c(C(O)c3ccc(Cl)cc3)c(Oc3cncc(C)c3)cnc2n(C)c1=O.CCCCn1c(=O)c2cc(Oc3cncc(C)c3)cnc2n(C)c1=O.O=Cc1ccc(Cl)cc1. The molecule has 0 fully saturated rings. The van der Waals surface area contributed by atoms with Crippen LogP contribution < -0.4 is 32.0 Å². The van der Waals surface area contributed by atoms with E-state index in [0.717, 1.165) is 36.7 Å². The van der Waals surface area contributed by atoms with Gasteiger partial charge in [-0.1, -0.05) is 74.2 Å². The van der Waals surface area contributed by atoms with E-state index in [1.165, 1.54) is 36.9 Å². The van der Waals surface area contributed by atoms with Gasteiger partial charge >= 0.3 is 11.4 Å². The van der Waals surface area contributed by atoms with Crippen LogP contribution in [0.3, 0.4) is 0 Å². The number of aliphatic hydroxyl groups excluding tert-OH is 1. The van der Waals surface area contributed by atoms with Crippen molar-refractivity contribution in [1.82, 2.24) is 38.2 Å². The van der Waals surface area contributed by atoms with E-state index in [9.17, 15) is 29.1 Å². The molecule has 0 saturated carbocycles. The topological polar surface area (TPSA) is 195 Å². The molecule has 18 heteroatoms. The zero-order chi connectivity index (χ0) is 49.1. The molecule has 0 radical (unpaired) electrons. The number of pyridine rings is 4. The number of aliphatic hydroxyl groups is 1. The Kier molecular flexibility index (Phi) is 16.9. The Bertz CT molecular complexity index is 3320. The van der Waals surface area contributed by atoms with E-state index in [1.54, 1.807) is 93.3 Å². The highest BCUT2D eigenvalue weighted by Gasteiger charge is 2.26. The van der Waals surface area contributed by atoms with Gasteiger partial charge in [0, 0.05) is 60.8 Å². The Morgan fingerprint density at radius 1 is 0.647 bits per heavy atom. The van der Waals surface area contributed by atoms with E-state index in [0.29, 0.717) is 62.4 Å². The molecule has 16 nitrogen and oxygen atoms in total. The fraction of sp³-hybridized carbons (Fsp3) is 0.260. The van der Waals surface area contributed by atoms with Gasteiger partial charge in [0.2, 0.25) is 0 Å². The van der Waals surface area contributed by atoms with Crippen molar-refractivity contribution in [2.75, 3.05) is 0 Å². The summed E-state index contributed by atoms with van der Waals surface area (Å²) >= 11 is 11.6. The van der Waals surface area contributed by atoms with Crippen LogP contribution in [-0.2, 0) is 27.2 Å². The van der Waals surface area contributed by atoms with Gasteiger partial charge in [0.25, 0.3) is 11.1 Å². The van der Waals surface area contributed by atoms with Crippen LogP contribution in [0.25, 0.3) is 22.1 Å². The van der Waals surface area contributed by atoms with Crippen molar-refractivity contribution < 1.29 is 19.4 Å². The minimum atomic E-state index is -1.24. The molecule has 0 aliphatic rings. The van der Waals surface area contributed by atoms with Crippen molar-refractivity contribution in [1.29, 1.82) is 0 Å². The fourth-order valence-corrected chi connectivity index (χ4v) is 7.29. The number of nitrogens with zero attached hydrogens (tertiary/aromatic N) is 8. The summed E-state index contributed by atoms with van der Waals surface area (Å²) in [6, 6.07) is 18.6. The highest BCUT2D eigenvalue weighted by molar-refractivity contribution is 6.30. The minimum absolute atomic E-state index is 0.124. The number of carbonyl (C=O) groups is 1. The second kappa shape index (κ2) is 23.0. The first kappa shape index (κ1) is 50.1. The van der Waals surface area contributed by atoms with Gasteiger partial charge in [-0.3, -0.25) is 42.6 Å². The van der Waals surface area contributed by atoms with Gasteiger partial charge in [0.15, 0.2) is 5.75 Å². The second-order valence-corrected chi connectivity index (χ2v) is 16.7.